The van der Waals surface area contributed by atoms with E-state index in [9.17, 15) is 0 Å². The molecule has 1 heterocycles. The second-order valence-corrected chi connectivity index (χ2v) is 7.44. The number of aromatic nitrogens is 1. The van der Waals surface area contributed by atoms with Gasteiger partial charge in [-0.15, -0.1) is 0 Å². The molecule has 0 aliphatic rings. The van der Waals surface area contributed by atoms with Crippen LogP contribution in [0.1, 0.15) is 18.1 Å². The molecule has 140 valence electrons. The molecule has 0 amide bonds. The highest BCUT2D eigenvalue weighted by Gasteiger charge is 2.16. The van der Waals surface area contributed by atoms with Crippen LogP contribution in [0.2, 0.25) is 5.02 Å². The van der Waals surface area contributed by atoms with Crippen molar-refractivity contribution < 1.29 is 4.74 Å². The number of nitrogens with zero attached hydrogens (tertiary/aromatic N) is 3. The van der Waals surface area contributed by atoms with Gasteiger partial charge in [-0.1, -0.05) is 41.9 Å². The Morgan fingerprint density at radius 1 is 1.19 bits per heavy atom. The Labute approximate surface area is 169 Å². The number of ether oxygens (including phenoxy) is 1. The number of hydrogen-bond donors (Lipinski definition) is 0. The van der Waals surface area contributed by atoms with Crippen LogP contribution in [0.15, 0.2) is 47.5 Å². The molecule has 27 heavy (non-hydrogen) atoms. The van der Waals surface area contributed by atoms with Crippen molar-refractivity contribution in [1.82, 2.24) is 9.27 Å². The molecule has 0 N–H and O–H groups in total. The summed E-state index contributed by atoms with van der Waals surface area (Å²) in [6.45, 7) is 7.03. The Balaban J connectivity index is 1.85. The molecule has 1 aromatic heterocycles. The van der Waals surface area contributed by atoms with Crippen LogP contribution in [0.3, 0.4) is 0 Å². The zero-order chi connectivity index (χ0) is 19.4. The van der Waals surface area contributed by atoms with E-state index in [0.29, 0.717) is 10.1 Å². The van der Waals surface area contributed by atoms with Gasteiger partial charge in [0.15, 0.2) is 0 Å². The summed E-state index contributed by atoms with van der Waals surface area (Å²) < 4.78 is 10.6. The summed E-state index contributed by atoms with van der Waals surface area (Å²) in [7, 11) is 2.00. The highest BCUT2D eigenvalue weighted by atomic mass is 35.5. The molecule has 0 aliphatic carbocycles. The third-order valence-electron chi connectivity index (χ3n) is 4.24. The lowest BCUT2D eigenvalue weighted by Crippen LogP contribution is -2.14. The predicted octanol–water partition coefficient (Wildman–Crippen LogP) is 6.48. The van der Waals surface area contributed by atoms with Crippen LogP contribution in [0.4, 0.5) is 5.69 Å². The van der Waals surface area contributed by atoms with Gasteiger partial charge in [-0.3, -0.25) is 0 Å². The highest BCUT2D eigenvalue weighted by molar-refractivity contribution is 7.08. The average molecular weight is 400 g/mol. The summed E-state index contributed by atoms with van der Waals surface area (Å²) in [5, 5.41) is 1.13. The molecule has 0 fully saturated rings. The normalized spacial score (nSPS) is 11.1. The highest BCUT2D eigenvalue weighted by Crippen LogP contribution is 2.42. The van der Waals surface area contributed by atoms with E-state index in [1.165, 1.54) is 11.5 Å². The summed E-state index contributed by atoms with van der Waals surface area (Å²) in [4.78, 5) is 6.59. The topological polar surface area (TPSA) is 37.7 Å². The third kappa shape index (κ3) is 4.49. The average Bonchev–Trinajstić information content (AvgIpc) is 3.04. The minimum absolute atomic E-state index is 0.537. The quantitative estimate of drug-likeness (QED) is 0.351. The van der Waals surface area contributed by atoms with Crippen LogP contribution >= 0.6 is 23.1 Å². The van der Waals surface area contributed by atoms with Crippen LogP contribution in [-0.2, 0) is 0 Å². The van der Waals surface area contributed by atoms with E-state index >= 15 is 0 Å². The molecule has 0 radical (unpaired) electrons. The van der Waals surface area contributed by atoms with Gasteiger partial charge in [0.2, 0.25) is 5.06 Å². The third-order valence-corrected chi connectivity index (χ3v) is 5.43. The number of aryl methyl sites for hydroxylation is 2. The summed E-state index contributed by atoms with van der Waals surface area (Å²) in [6, 6.07) is 13.9. The van der Waals surface area contributed by atoms with Crippen LogP contribution in [0, 0.1) is 13.8 Å². The molecule has 0 atom stereocenters. The van der Waals surface area contributed by atoms with Crippen molar-refractivity contribution in [2.45, 2.75) is 20.8 Å². The Morgan fingerprint density at radius 2 is 1.93 bits per heavy atom. The van der Waals surface area contributed by atoms with Gasteiger partial charge in [0, 0.05) is 30.7 Å². The first-order valence-corrected chi connectivity index (χ1v) is 9.88. The summed E-state index contributed by atoms with van der Waals surface area (Å²) in [5.74, 6) is 0.764. The monoisotopic (exact) mass is 399 g/mol. The largest absolute Gasteiger partial charge is 0.443 e. The molecule has 0 bridgehead atoms. The van der Waals surface area contributed by atoms with E-state index in [1.54, 1.807) is 0 Å². The van der Waals surface area contributed by atoms with Crippen molar-refractivity contribution in [1.29, 1.82) is 0 Å². The maximum Gasteiger partial charge on any atom is 0.219 e. The van der Waals surface area contributed by atoms with Gasteiger partial charge in [0.1, 0.15) is 16.5 Å². The molecule has 0 saturated carbocycles. The maximum atomic E-state index is 6.53. The number of benzene rings is 2. The fourth-order valence-corrected chi connectivity index (χ4v) is 3.49. The minimum atomic E-state index is 0.537. The van der Waals surface area contributed by atoms with Gasteiger partial charge < -0.3 is 9.64 Å². The SMILES string of the molecule is CCN(C)C=Nc1cc(C)c(Oc2snc(-c3ccccc3)c2Cl)cc1C. The van der Waals surface area contributed by atoms with Crippen LogP contribution in [0.5, 0.6) is 10.8 Å². The van der Waals surface area contributed by atoms with Crippen LogP contribution in [0.25, 0.3) is 11.3 Å². The van der Waals surface area contributed by atoms with E-state index in [-0.39, 0.29) is 0 Å². The van der Waals surface area contributed by atoms with E-state index < -0.39 is 0 Å². The Kier molecular flexibility index (Phi) is 6.14. The van der Waals surface area contributed by atoms with E-state index in [4.69, 9.17) is 16.3 Å². The zero-order valence-electron chi connectivity index (χ0n) is 15.9. The Bertz CT molecular complexity index is 954. The molecule has 0 spiro atoms. The summed E-state index contributed by atoms with van der Waals surface area (Å²) >= 11 is 7.79. The van der Waals surface area contributed by atoms with Crippen molar-refractivity contribution in [2.75, 3.05) is 13.6 Å². The zero-order valence-corrected chi connectivity index (χ0v) is 17.4. The van der Waals surface area contributed by atoms with E-state index in [0.717, 1.165) is 40.4 Å². The second-order valence-electron chi connectivity index (χ2n) is 6.32. The van der Waals surface area contributed by atoms with E-state index in [1.807, 2.05) is 74.6 Å². The number of aliphatic imine (C=N–C) groups is 1. The first-order chi connectivity index (χ1) is 13.0. The van der Waals surface area contributed by atoms with Crippen molar-refractivity contribution in [3.63, 3.8) is 0 Å². The Hall–Kier alpha value is -2.37. The molecular weight excluding hydrogens is 378 g/mol. The van der Waals surface area contributed by atoms with Crippen LogP contribution < -0.4 is 4.74 Å². The standard InChI is InChI=1S/C21H22ClN3OS/c1-5-25(4)13-23-17-11-15(3)18(12-14(17)2)26-21-19(22)20(24-27-21)16-9-7-6-8-10-16/h6-13H,5H2,1-4H3. The lowest BCUT2D eigenvalue weighted by Gasteiger charge is -2.12. The lowest BCUT2D eigenvalue weighted by molar-refractivity contribution is 0.492. The number of hydrogen-bond acceptors (Lipinski definition) is 4. The predicted molar refractivity (Wildman–Crippen MR) is 115 cm³/mol. The molecule has 3 aromatic rings. The fourth-order valence-electron chi connectivity index (χ4n) is 2.47. The van der Waals surface area contributed by atoms with Gasteiger partial charge in [0.05, 0.1) is 12.0 Å². The summed E-state index contributed by atoms with van der Waals surface area (Å²) in [5.41, 5.74) is 4.69. The smallest absolute Gasteiger partial charge is 0.219 e. The van der Waals surface area contributed by atoms with Crippen molar-refractivity contribution in [3.8, 4) is 22.1 Å². The van der Waals surface area contributed by atoms with Gasteiger partial charge in [-0.25, -0.2) is 4.99 Å². The van der Waals surface area contributed by atoms with Crippen molar-refractivity contribution in [3.05, 3.63) is 58.6 Å². The van der Waals surface area contributed by atoms with E-state index in [2.05, 4.69) is 16.3 Å². The second kappa shape index (κ2) is 8.55. The van der Waals surface area contributed by atoms with Gasteiger partial charge in [0.25, 0.3) is 0 Å². The molecule has 0 unspecified atom stereocenters. The van der Waals surface area contributed by atoms with Crippen molar-refractivity contribution >= 4 is 35.2 Å². The van der Waals surface area contributed by atoms with Gasteiger partial charge in [-0.2, -0.15) is 4.37 Å². The number of halogens is 1. The first-order valence-electron chi connectivity index (χ1n) is 8.73. The first kappa shape index (κ1) is 19.4. The molecule has 2 aromatic carbocycles. The number of rotatable bonds is 6. The molecule has 0 aliphatic heterocycles. The molecule has 6 heteroatoms. The maximum absolute atomic E-state index is 6.53. The Morgan fingerprint density at radius 3 is 2.63 bits per heavy atom. The molecule has 3 rings (SSSR count). The molecular formula is C21H22ClN3OS. The molecule has 0 saturated heterocycles. The molecule has 4 nitrogen and oxygen atoms in total. The van der Waals surface area contributed by atoms with Gasteiger partial charge in [-0.05, 0) is 44.0 Å². The van der Waals surface area contributed by atoms with Gasteiger partial charge >= 0.3 is 0 Å². The lowest BCUT2D eigenvalue weighted by atomic mass is 10.1. The summed E-state index contributed by atoms with van der Waals surface area (Å²) in [6.07, 6.45) is 1.84. The van der Waals surface area contributed by atoms with Crippen LogP contribution in [-0.4, -0.2) is 29.2 Å². The minimum Gasteiger partial charge on any atom is -0.443 e. The van der Waals surface area contributed by atoms with Crippen molar-refractivity contribution in [2.24, 2.45) is 4.99 Å². The fraction of sp³-hybridized carbons (Fsp3) is 0.238.